The molecule has 1 aromatic heterocycles. The van der Waals surface area contributed by atoms with E-state index >= 15 is 0 Å². The van der Waals surface area contributed by atoms with Gasteiger partial charge < -0.3 is 9.73 Å². The number of benzene rings is 1. The smallest absolute Gasteiger partial charge is 0.169 e. The van der Waals surface area contributed by atoms with Gasteiger partial charge in [0.25, 0.3) is 0 Å². The molecule has 4 heteroatoms. The van der Waals surface area contributed by atoms with Gasteiger partial charge in [-0.1, -0.05) is 25.1 Å². The molecule has 0 spiro atoms. The molecule has 1 aromatic carbocycles. The molecule has 96 valence electrons. The van der Waals surface area contributed by atoms with Crippen molar-refractivity contribution in [3.05, 3.63) is 52.4 Å². The SMILES string of the molecule is CCNC(c1ccc(Br)o1)c1ccccc1SC. The molecule has 2 nitrogen and oxygen atoms in total. The van der Waals surface area contributed by atoms with Crippen LogP contribution in [0.3, 0.4) is 0 Å². The topological polar surface area (TPSA) is 25.2 Å². The third-order valence-corrected chi connectivity index (χ3v) is 3.97. The van der Waals surface area contributed by atoms with Crippen molar-refractivity contribution < 1.29 is 4.42 Å². The van der Waals surface area contributed by atoms with E-state index in [1.165, 1.54) is 10.5 Å². The van der Waals surface area contributed by atoms with Crippen molar-refractivity contribution in [1.29, 1.82) is 0 Å². The molecule has 1 unspecified atom stereocenters. The van der Waals surface area contributed by atoms with Gasteiger partial charge in [0.15, 0.2) is 4.67 Å². The van der Waals surface area contributed by atoms with E-state index in [4.69, 9.17) is 4.42 Å². The molecule has 0 bridgehead atoms. The highest BCUT2D eigenvalue weighted by Gasteiger charge is 2.19. The summed E-state index contributed by atoms with van der Waals surface area (Å²) in [7, 11) is 0. The second-order valence-electron chi connectivity index (χ2n) is 3.87. The number of hydrogen-bond acceptors (Lipinski definition) is 3. The third-order valence-electron chi connectivity index (χ3n) is 2.74. The molecule has 0 radical (unpaired) electrons. The highest BCUT2D eigenvalue weighted by atomic mass is 79.9. The van der Waals surface area contributed by atoms with Gasteiger partial charge in [0, 0.05) is 4.90 Å². The molecule has 0 saturated carbocycles. The van der Waals surface area contributed by atoms with Crippen LogP contribution >= 0.6 is 27.7 Å². The predicted molar refractivity (Wildman–Crippen MR) is 80.2 cm³/mol. The Balaban J connectivity index is 2.41. The van der Waals surface area contributed by atoms with Crippen LogP contribution in [-0.2, 0) is 0 Å². The highest BCUT2D eigenvalue weighted by molar-refractivity contribution is 9.10. The van der Waals surface area contributed by atoms with Gasteiger partial charge in [0.05, 0.1) is 6.04 Å². The quantitative estimate of drug-likeness (QED) is 0.821. The fourth-order valence-electron chi connectivity index (χ4n) is 1.96. The molecule has 0 aliphatic carbocycles. The van der Waals surface area contributed by atoms with Gasteiger partial charge in [0.1, 0.15) is 5.76 Å². The first-order valence-corrected chi connectivity index (χ1v) is 7.89. The van der Waals surface area contributed by atoms with Gasteiger partial charge in [-0.05, 0) is 52.5 Å². The highest BCUT2D eigenvalue weighted by Crippen LogP contribution is 2.31. The lowest BCUT2D eigenvalue weighted by molar-refractivity contribution is 0.435. The minimum absolute atomic E-state index is 0.102. The number of thioether (sulfide) groups is 1. The number of rotatable bonds is 5. The zero-order chi connectivity index (χ0) is 13.0. The first-order valence-electron chi connectivity index (χ1n) is 5.87. The van der Waals surface area contributed by atoms with E-state index in [2.05, 4.69) is 58.7 Å². The number of furan rings is 1. The van der Waals surface area contributed by atoms with Crippen molar-refractivity contribution in [2.45, 2.75) is 17.9 Å². The van der Waals surface area contributed by atoms with Crippen LogP contribution in [0.25, 0.3) is 0 Å². The predicted octanol–water partition coefficient (Wildman–Crippen LogP) is 4.46. The molecule has 0 fully saturated rings. The van der Waals surface area contributed by atoms with Gasteiger partial charge in [-0.15, -0.1) is 11.8 Å². The summed E-state index contributed by atoms with van der Waals surface area (Å²) in [5, 5.41) is 3.48. The summed E-state index contributed by atoms with van der Waals surface area (Å²) in [6, 6.07) is 12.5. The van der Waals surface area contributed by atoms with Crippen LogP contribution in [0.1, 0.15) is 24.3 Å². The fraction of sp³-hybridized carbons (Fsp3) is 0.286. The summed E-state index contributed by atoms with van der Waals surface area (Å²) in [5.74, 6) is 0.935. The molecule has 18 heavy (non-hydrogen) atoms. The van der Waals surface area contributed by atoms with Crippen LogP contribution in [0.2, 0.25) is 0 Å². The molecule has 2 rings (SSSR count). The maximum Gasteiger partial charge on any atom is 0.169 e. The van der Waals surface area contributed by atoms with Crippen LogP contribution in [0.15, 0.2) is 50.4 Å². The number of nitrogens with one attached hydrogen (secondary N) is 1. The summed E-state index contributed by atoms with van der Waals surface area (Å²) in [5.41, 5.74) is 1.26. The van der Waals surface area contributed by atoms with E-state index in [9.17, 15) is 0 Å². The Labute approximate surface area is 120 Å². The third kappa shape index (κ3) is 2.99. The average molecular weight is 326 g/mol. The van der Waals surface area contributed by atoms with Crippen molar-refractivity contribution in [1.82, 2.24) is 5.32 Å². The molecule has 1 N–H and O–H groups in total. The maximum absolute atomic E-state index is 5.70. The fourth-order valence-corrected chi connectivity index (χ4v) is 2.91. The first-order chi connectivity index (χ1) is 8.76. The molecular formula is C14H16BrNOS. The van der Waals surface area contributed by atoms with Crippen LogP contribution in [0, 0.1) is 0 Å². The Kier molecular flexibility index (Phi) is 4.92. The van der Waals surface area contributed by atoms with Crippen molar-refractivity contribution >= 4 is 27.7 Å². The summed E-state index contributed by atoms with van der Waals surface area (Å²) in [6.45, 7) is 3.00. The van der Waals surface area contributed by atoms with Gasteiger partial charge in [0.2, 0.25) is 0 Å². The Bertz CT molecular complexity index is 512. The second-order valence-corrected chi connectivity index (χ2v) is 5.50. The number of hydrogen-bond donors (Lipinski definition) is 1. The van der Waals surface area contributed by atoms with Crippen molar-refractivity contribution in [2.75, 3.05) is 12.8 Å². The number of halogens is 1. The minimum Gasteiger partial charge on any atom is -0.452 e. The van der Waals surface area contributed by atoms with Crippen molar-refractivity contribution in [3.63, 3.8) is 0 Å². The normalized spacial score (nSPS) is 12.6. The molecular weight excluding hydrogens is 310 g/mol. The summed E-state index contributed by atoms with van der Waals surface area (Å²) in [4.78, 5) is 1.27. The Morgan fingerprint density at radius 1 is 1.28 bits per heavy atom. The lowest BCUT2D eigenvalue weighted by Gasteiger charge is -2.18. The van der Waals surface area contributed by atoms with Gasteiger partial charge >= 0.3 is 0 Å². The molecule has 1 atom stereocenters. The van der Waals surface area contributed by atoms with Crippen molar-refractivity contribution in [3.8, 4) is 0 Å². The molecule has 0 saturated heterocycles. The first kappa shape index (κ1) is 13.7. The van der Waals surface area contributed by atoms with E-state index < -0.39 is 0 Å². The van der Waals surface area contributed by atoms with E-state index in [1.54, 1.807) is 11.8 Å². The molecule has 0 amide bonds. The Morgan fingerprint density at radius 3 is 2.67 bits per heavy atom. The van der Waals surface area contributed by atoms with Gasteiger partial charge in [-0.25, -0.2) is 0 Å². The zero-order valence-corrected chi connectivity index (χ0v) is 12.8. The minimum atomic E-state index is 0.102. The summed E-state index contributed by atoms with van der Waals surface area (Å²) in [6.07, 6.45) is 2.10. The van der Waals surface area contributed by atoms with Crippen LogP contribution in [0.4, 0.5) is 0 Å². The lowest BCUT2D eigenvalue weighted by Crippen LogP contribution is -2.22. The van der Waals surface area contributed by atoms with E-state index in [1.807, 2.05) is 12.1 Å². The summed E-state index contributed by atoms with van der Waals surface area (Å²) < 4.78 is 6.46. The van der Waals surface area contributed by atoms with Gasteiger partial charge in [-0.2, -0.15) is 0 Å². The second kappa shape index (κ2) is 6.45. The zero-order valence-electron chi connectivity index (χ0n) is 10.4. The van der Waals surface area contributed by atoms with Crippen LogP contribution < -0.4 is 5.32 Å². The maximum atomic E-state index is 5.70. The van der Waals surface area contributed by atoms with Crippen molar-refractivity contribution in [2.24, 2.45) is 0 Å². The van der Waals surface area contributed by atoms with Gasteiger partial charge in [-0.3, -0.25) is 0 Å². The monoisotopic (exact) mass is 325 g/mol. The Hall–Kier alpha value is -0.710. The Morgan fingerprint density at radius 2 is 2.06 bits per heavy atom. The molecule has 2 aromatic rings. The van der Waals surface area contributed by atoms with Crippen LogP contribution in [0.5, 0.6) is 0 Å². The van der Waals surface area contributed by atoms with E-state index in [0.717, 1.165) is 17.0 Å². The average Bonchev–Trinajstić information content (AvgIpc) is 2.82. The van der Waals surface area contributed by atoms with E-state index in [0.29, 0.717) is 0 Å². The largest absolute Gasteiger partial charge is 0.452 e. The molecule has 1 heterocycles. The lowest BCUT2D eigenvalue weighted by atomic mass is 10.0. The molecule has 0 aliphatic rings. The van der Waals surface area contributed by atoms with Crippen LogP contribution in [-0.4, -0.2) is 12.8 Å². The standard InChI is InChI=1S/C14H16BrNOS/c1-3-16-14(11-8-9-13(15)17-11)10-6-4-5-7-12(10)18-2/h4-9,14,16H,3H2,1-2H3. The van der Waals surface area contributed by atoms with E-state index in [-0.39, 0.29) is 6.04 Å². The molecule has 0 aliphatic heterocycles. The summed E-state index contributed by atoms with van der Waals surface area (Å²) >= 11 is 5.12.